The Kier molecular flexibility index (Phi) is 2.10. The molecule has 0 fully saturated rings. The summed E-state index contributed by atoms with van der Waals surface area (Å²) in [6.45, 7) is 1.77. The third-order valence-electron chi connectivity index (χ3n) is 1.73. The summed E-state index contributed by atoms with van der Waals surface area (Å²) in [4.78, 5) is 25.6. The van der Waals surface area contributed by atoms with Gasteiger partial charge in [0.2, 0.25) is 0 Å². The molecule has 0 atom stereocenters. The highest BCUT2D eigenvalue weighted by Gasteiger charge is 2.04. The van der Waals surface area contributed by atoms with Crippen LogP contribution in [0.15, 0.2) is 12.7 Å². The van der Waals surface area contributed by atoms with Crippen molar-refractivity contribution in [2.75, 3.05) is 11.9 Å². The van der Waals surface area contributed by atoms with Crippen LogP contribution in [-0.4, -0.2) is 32.3 Å². The Morgan fingerprint density at radius 1 is 1.50 bits per heavy atom. The van der Waals surface area contributed by atoms with Gasteiger partial charge in [-0.3, -0.25) is 4.79 Å². The number of carbonyl (C=O) groups is 1. The van der Waals surface area contributed by atoms with Crippen LogP contribution in [0.4, 0.5) is 5.82 Å². The predicted molar refractivity (Wildman–Crippen MR) is 50.9 cm³/mol. The zero-order chi connectivity index (χ0) is 9.97. The number of ketones is 1. The summed E-state index contributed by atoms with van der Waals surface area (Å²) < 4.78 is 0. The molecule has 72 valence electrons. The summed E-state index contributed by atoms with van der Waals surface area (Å²) in [5.41, 5.74) is 1.31. The molecule has 0 spiro atoms. The van der Waals surface area contributed by atoms with Crippen molar-refractivity contribution in [2.45, 2.75) is 6.92 Å². The van der Waals surface area contributed by atoms with Crippen molar-refractivity contribution in [1.82, 2.24) is 19.9 Å². The summed E-state index contributed by atoms with van der Waals surface area (Å²) >= 11 is 0. The number of nitrogens with one attached hydrogen (secondary N) is 2. The van der Waals surface area contributed by atoms with Gasteiger partial charge in [0.1, 0.15) is 17.6 Å². The maximum Gasteiger partial charge on any atom is 0.182 e. The van der Waals surface area contributed by atoms with Crippen LogP contribution < -0.4 is 5.32 Å². The first-order chi connectivity index (χ1) is 6.77. The Labute approximate surface area is 79.8 Å². The molecule has 14 heavy (non-hydrogen) atoms. The van der Waals surface area contributed by atoms with Crippen LogP contribution in [0, 0.1) is 0 Å². The number of Topliss-reactive ketones (excluding diaryl/α,β-unsaturated/α-hetero) is 1. The summed E-state index contributed by atoms with van der Waals surface area (Å²) in [5.74, 6) is 0.652. The number of hydrogen-bond donors (Lipinski definition) is 2. The molecule has 0 aliphatic heterocycles. The first-order valence-electron chi connectivity index (χ1n) is 4.15. The van der Waals surface area contributed by atoms with E-state index in [-0.39, 0.29) is 12.3 Å². The first kappa shape index (κ1) is 8.61. The number of aromatic nitrogens is 4. The fraction of sp³-hybridized carbons (Fsp3) is 0.250. The molecule has 0 saturated carbocycles. The number of hydrogen-bond acceptors (Lipinski definition) is 5. The summed E-state index contributed by atoms with van der Waals surface area (Å²) in [6.07, 6.45) is 2.95. The van der Waals surface area contributed by atoms with Crippen LogP contribution in [0.25, 0.3) is 11.2 Å². The lowest BCUT2D eigenvalue weighted by Gasteiger charge is -2.02. The summed E-state index contributed by atoms with van der Waals surface area (Å²) in [5, 5.41) is 2.90. The van der Waals surface area contributed by atoms with Gasteiger partial charge in [-0.25, -0.2) is 15.0 Å². The van der Waals surface area contributed by atoms with Crippen molar-refractivity contribution in [3.8, 4) is 0 Å². The van der Waals surface area contributed by atoms with Gasteiger partial charge in [0.15, 0.2) is 11.5 Å². The quantitative estimate of drug-likeness (QED) is 0.731. The number of fused-ring (bicyclic) bond motifs is 1. The van der Waals surface area contributed by atoms with E-state index in [0.717, 1.165) is 0 Å². The summed E-state index contributed by atoms with van der Waals surface area (Å²) in [7, 11) is 0. The molecule has 0 amide bonds. The van der Waals surface area contributed by atoms with E-state index in [1.165, 1.54) is 19.6 Å². The number of anilines is 1. The largest absolute Gasteiger partial charge is 0.361 e. The van der Waals surface area contributed by atoms with Gasteiger partial charge < -0.3 is 10.3 Å². The van der Waals surface area contributed by atoms with Crippen LogP contribution in [0.2, 0.25) is 0 Å². The highest BCUT2D eigenvalue weighted by atomic mass is 16.1. The highest BCUT2D eigenvalue weighted by molar-refractivity contribution is 5.86. The van der Waals surface area contributed by atoms with E-state index in [2.05, 4.69) is 25.3 Å². The molecule has 2 aromatic rings. The highest BCUT2D eigenvalue weighted by Crippen LogP contribution is 2.13. The Balaban J connectivity index is 2.32. The number of rotatable bonds is 3. The van der Waals surface area contributed by atoms with Crippen LogP contribution in [0.5, 0.6) is 0 Å². The minimum absolute atomic E-state index is 0.0521. The molecule has 0 radical (unpaired) electrons. The maximum atomic E-state index is 10.8. The third-order valence-corrected chi connectivity index (χ3v) is 1.73. The Bertz CT molecular complexity index is 463. The van der Waals surface area contributed by atoms with Crippen molar-refractivity contribution in [3.05, 3.63) is 12.7 Å². The van der Waals surface area contributed by atoms with Gasteiger partial charge >= 0.3 is 0 Å². The third kappa shape index (κ3) is 1.54. The molecular weight excluding hydrogens is 182 g/mol. The van der Waals surface area contributed by atoms with Crippen LogP contribution >= 0.6 is 0 Å². The number of imidazole rings is 1. The molecule has 0 aliphatic carbocycles. The normalized spacial score (nSPS) is 10.4. The Morgan fingerprint density at radius 3 is 3.14 bits per heavy atom. The van der Waals surface area contributed by atoms with Gasteiger partial charge in [0, 0.05) is 0 Å². The number of aromatic amines is 1. The number of carbonyl (C=O) groups excluding carboxylic acids is 1. The monoisotopic (exact) mass is 191 g/mol. The maximum absolute atomic E-state index is 10.8. The van der Waals surface area contributed by atoms with Crippen LogP contribution in [-0.2, 0) is 4.79 Å². The lowest BCUT2D eigenvalue weighted by molar-refractivity contribution is -0.115. The molecule has 0 aliphatic rings. The molecule has 0 bridgehead atoms. The Morgan fingerprint density at radius 2 is 2.36 bits per heavy atom. The lowest BCUT2D eigenvalue weighted by Crippen LogP contribution is -2.11. The topological polar surface area (TPSA) is 83.6 Å². The smallest absolute Gasteiger partial charge is 0.182 e. The van der Waals surface area contributed by atoms with Gasteiger partial charge in [-0.1, -0.05) is 0 Å². The molecule has 0 aromatic carbocycles. The van der Waals surface area contributed by atoms with Gasteiger partial charge in [-0.2, -0.15) is 0 Å². The molecule has 0 saturated heterocycles. The second-order valence-electron chi connectivity index (χ2n) is 2.88. The van der Waals surface area contributed by atoms with Crippen molar-refractivity contribution < 1.29 is 4.79 Å². The zero-order valence-corrected chi connectivity index (χ0v) is 7.61. The standard InChI is InChI=1S/C8H9N5O/c1-5(14)2-9-7-6-8(11-3-10-6)13-4-12-7/h3-4H,2H2,1H3,(H2,9,10,11,12,13). The average molecular weight is 191 g/mol. The van der Waals surface area contributed by atoms with E-state index in [9.17, 15) is 4.79 Å². The number of H-pyrrole nitrogens is 1. The fourth-order valence-corrected chi connectivity index (χ4v) is 1.11. The van der Waals surface area contributed by atoms with Crippen LogP contribution in [0.3, 0.4) is 0 Å². The SMILES string of the molecule is CC(=O)CNc1ncnc2nc[nH]c12. The zero-order valence-electron chi connectivity index (χ0n) is 7.61. The van der Waals surface area contributed by atoms with Crippen LogP contribution in [0.1, 0.15) is 6.92 Å². The van der Waals surface area contributed by atoms with E-state index in [1.54, 1.807) is 0 Å². The van der Waals surface area contributed by atoms with E-state index < -0.39 is 0 Å². The van der Waals surface area contributed by atoms with Gasteiger partial charge in [-0.15, -0.1) is 0 Å². The van der Waals surface area contributed by atoms with E-state index in [1.807, 2.05) is 0 Å². The lowest BCUT2D eigenvalue weighted by atomic mass is 10.4. The fourth-order valence-electron chi connectivity index (χ4n) is 1.11. The minimum Gasteiger partial charge on any atom is -0.361 e. The van der Waals surface area contributed by atoms with Crippen molar-refractivity contribution in [1.29, 1.82) is 0 Å². The van der Waals surface area contributed by atoms with E-state index in [0.29, 0.717) is 17.0 Å². The molecule has 2 heterocycles. The van der Waals surface area contributed by atoms with Crippen molar-refractivity contribution in [2.24, 2.45) is 0 Å². The molecule has 2 N–H and O–H groups in total. The van der Waals surface area contributed by atoms with Gasteiger partial charge in [-0.05, 0) is 6.92 Å². The predicted octanol–water partition coefficient (Wildman–Crippen LogP) is 0.354. The molecule has 6 nitrogen and oxygen atoms in total. The van der Waals surface area contributed by atoms with Gasteiger partial charge in [0.25, 0.3) is 0 Å². The molecule has 2 aromatic heterocycles. The average Bonchev–Trinajstić information content (AvgIpc) is 2.62. The van der Waals surface area contributed by atoms with E-state index >= 15 is 0 Å². The first-order valence-corrected chi connectivity index (χ1v) is 4.15. The van der Waals surface area contributed by atoms with E-state index in [4.69, 9.17) is 0 Å². The minimum atomic E-state index is 0.0521. The molecule has 0 unspecified atom stereocenters. The van der Waals surface area contributed by atoms with Gasteiger partial charge in [0.05, 0.1) is 12.9 Å². The van der Waals surface area contributed by atoms with Crippen molar-refractivity contribution in [3.63, 3.8) is 0 Å². The molecule has 2 rings (SSSR count). The van der Waals surface area contributed by atoms with Crippen molar-refractivity contribution >= 4 is 22.8 Å². The Hall–Kier alpha value is -1.98. The second kappa shape index (κ2) is 3.41. The summed E-state index contributed by atoms with van der Waals surface area (Å²) in [6, 6.07) is 0. The molecular formula is C8H9N5O. The molecule has 6 heteroatoms. The number of nitrogens with zero attached hydrogens (tertiary/aromatic N) is 3. The second-order valence-corrected chi connectivity index (χ2v) is 2.88.